The molecular formula is C20H36O3. The third kappa shape index (κ3) is 18.9. The number of carboxylic acid groups (broad SMARTS) is 1. The maximum Gasteiger partial charge on any atom is 0.303 e. The smallest absolute Gasteiger partial charge is 0.303 e. The van der Waals surface area contributed by atoms with E-state index in [1.54, 1.807) is 0 Å². The second kappa shape index (κ2) is 17.3. The van der Waals surface area contributed by atoms with Gasteiger partial charge in [0.2, 0.25) is 0 Å². The van der Waals surface area contributed by atoms with Gasteiger partial charge in [-0.15, -0.1) is 0 Å². The van der Waals surface area contributed by atoms with Gasteiger partial charge in [0.15, 0.2) is 0 Å². The Bertz CT molecular complexity index is 321. The molecule has 23 heavy (non-hydrogen) atoms. The van der Waals surface area contributed by atoms with Gasteiger partial charge in [0.25, 0.3) is 0 Å². The number of aliphatic carboxylic acids is 1. The number of unbranched alkanes of at least 4 members (excludes halogenated alkanes) is 8. The van der Waals surface area contributed by atoms with Crippen LogP contribution in [0.2, 0.25) is 0 Å². The van der Waals surface area contributed by atoms with E-state index < -0.39 is 5.97 Å². The fraction of sp³-hybridized carbons (Fsp3) is 0.750. The molecule has 0 spiro atoms. The molecule has 0 radical (unpaired) electrons. The average molecular weight is 325 g/mol. The summed E-state index contributed by atoms with van der Waals surface area (Å²) in [5.41, 5.74) is 0. The Hall–Kier alpha value is -1.09. The second-order valence-corrected chi connectivity index (χ2v) is 6.24. The average Bonchev–Trinajstić information content (AvgIpc) is 2.52. The third-order valence-corrected chi connectivity index (χ3v) is 3.88. The molecule has 0 aromatic carbocycles. The van der Waals surface area contributed by atoms with E-state index in [0.717, 1.165) is 44.9 Å². The van der Waals surface area contributed by atoms with E-state index in [2.05, 4.69) is 25.2 Å². The molecule has 0 rings (SSSR count). The van der Waals surface area contributed by atoms with Crippen LogP contribution in [0.3, 0.4) is 0 Å². The van der Waals surface area contributed by atoms with Gasteiger partial charge in [-0.1, -0.05) is 63.3 Å². The highest BCUT2D eigenvalue weighted by Gasteiger charge is 1.96. The first-order chi connectivity index (χ1) is 11.2. The number of hydrogen-bond donors (Lipinski definition) is 2. The lowest BCUT2D eigenvalue weighted by molar-refractivity contribution is -0.137. The van der Waals surface area contributed by atoms with Crippen molar-refractivity contribution in [3.8, 4) is 0 Å². The molecule has 1 atom stereocenters. The Morgan fingerprint density at radius 3 is 2.04 bits per heavy atom. The van der Waals surface area contributed by atoms with E-state index in [1.165, 1.54) is 32.1 Å². The molecule has 0 amide bonds. The molecule has 0 saturated carbocycles. The minimum atomic E-state index is -0.705. The van der Waals surface area contributed by atoms with E-state index in [4.69, 9.17) is 5.11 Å². The van der Waals surface area contributed by atoms with E-state index in [0.29, 0.717) is 0 Å². The highest BCUT2D eigenvalue weighted by atomic mass is 16.4. The van der Waals surface area contributed by atoms with E-state index in [1.807, 2.05) is 6.08 Å². The summed E-state index contributed by atoms with van der Waals surface area (Å²) in [5.74, 6) is -0.705. The predicted octanol–water partition coefficient (Wildman–Crippen LogP) is 5.64. The summed E-state index contributed by atoms with van der Waals surface area (Å²) in [6.07, 6.45) is 21.6. The zero-order valence-electron chi connectivity index (χ0n) is 14.9. The van der Waals surface area contributed by atoms with Gasteiger partial charge >= 0.3 is 5.97 Å². The van der Waals surface area contributed by atoms with Crippen molar-refractivity contribution < 1.29 is 15.0 Å². The van der Waals surface area contributed by atoms with Crippen LogP contribution in [0.1, 0.15) is 90.4 Å². The van der Waals surface area contributed by atoms with Crippen LogP contribution in [0.4, 0.5) is 0 Å². The SMILES string of the molecule is CCCC[C@@H](O)C=CCCCCCCCC=CCCCC(=O)O. The van der Waals surface area contributed by atoms with Gasteiger partial charge in [-0.05, 0) is 44.9 Å². The van der Waals surface area contributed by atoms with Crippen molar-refractivity contribution in [1.82, 2.24) is 0 Å². The topological polar surface area (TPSA) is 57.5 Å². The molecule has 0 aliphatic rings. The first-order valence-corrected chi connectivity index (χ1v) is 9.38. The summed E-state index contributed by atoms with van der Waals surface area (Å²) in [7, 11) is 0. The summed E-state index contributed by atoms with van der Waals surface area (Å²) >= 11 is 0. The number of carboxylic acids is 1. The van der Waals surface area contributed by atoms with Crippen LogP contribution >= 0.6 is 0 Å². The van der Waals surface area contributed by atoms with Crippen LogP contribution in [-0.4, -0.2) is 22.3 Å². The lowest BCUT2D eigenvalue weighted by atomic mass is 10.1. The molecule has 0 heterocycles. The van der Waals surface area contributed by atoms with Crippen molar-refractivity contribution in [3.63, 3.8) is 0 Å². The molecular weight excluding hydrogens is 288 g/mol. The second-order valence-electron chi connectivity index (χ2n) is 6.24. The Balaban J connectivity index is 3.25. The van der Waals surface area contributed by atoms with E-state index in [9.17, 15) is 9.90 Å². The number of aliphatic hydroxyl groups is 1. The molecule has 0 aromatic heterocycles. The van der Waals surface area contributed by atoms with Crippen LogP contribution in [-0.2, 0) is 4.79 Å². The summed E-state index contributed by atoms with van der Waals surface area (Å²) in [6.45, 7) is 2.14. The molecule has 3 heteroatoms. The molecule has 0 fully saturated rings. The van der Waals surface area contributed by atoms with Gasteiger partial charge in [-0.2, -0.15) is 0 Å². The number of rotatable bonds is 16. The van der Waals surface area contributed by atoms with Crippen LogP contribution in [0, 0.1) is 0 Å². The minimum absolute atomic E-state index is 0.253. The maximum atomic E-state index is 10.3. The minimum Gasteiger partial charge on any atom is -0.481 e. The summed E-state index contributed by atoms with van der Waals surface area (Å²) < 4.78 is 0. The molecule has 0 aromatic rings. The van der Waals surface area contributed by atoms with Gasteiger partial charge in [0.1, 0.15) is 0 Å². The van der Waals surface area contributed by atoms with Gasteiger partial charge in [-0.25, -0.2) is 0 Å². The van der Waals surface area contributed by atoms with Gasteiger partial charge in [-0.3, -0.25) is 4.79 Å². The number of hydrogen-bond acceptors (Lipinski definition) is 2. The molecule has 0 unspecified atom stereocenters. The normalized spacial score (nSPS) is 13.1. The third-order valence-electron chi connectivity index (χ3n) is 3.88. The highest BCUT2D eigenvalue weighted by Crippen LogP contribution is 2.09. The van der Waals surface area contributed by atoms with Crippen molar-refractivity contribution >= 4 is 5.97 Å². The summed E-state index contributed by atoms with van der Waals surface area (Å²) in [6, 6.07) is 0. The first-order valence-electron chi connectivity index (χ1n) is 9.38. The van der Waals surface area contributed by atoms with Gasteiger partial charge in [0.05, 0.1) is 6.10 Å². The van der Waals surface area contributed by atoms with Gasteiger partial charge in [0, 0.05) is 6.42 Å². The number of aliphatic hydroxyl groups excluding tert-OH is 1. The zero-order chi connectivity index (χ0) is 17.2. The van der Waals surface area contributed by atoms with Gasteiger partial charge < -0.3 is 10.2 Å². The monoisotopic (exact) mass is 324 g/mol. The zero-order valence-corrected chi connectivity index (χ0v) is 14.9. The molecule has 134 valence electrons. The van der Waals surface area contributed by atoms with Crippen molar-refractivity contribution in [2.24, 2.45) is 0 Å². The Kier molecular flexibility index (Phi) is 16.4. The van der Waals surface area contributed by atoms with Crippen molar-refractivity contribution in [3.05, 3.63) is 24.3 Å². The fourth-order valence-corrected chi connectivity index (χ4v) is 2.42. The maximum absolute atomic E-state index is 10.3. The largest absolute Gasteiger partial charge is 0.481 e. The molecule has 0 aliphatic carbocycles. The van der Waals surface area contributed by atoms with Crippen molar-refractivity contribution in [2.75, 3.05) is 0 Å². The number of allylic oxidation sites excluding steroid dienone is 3. The van der Waals surface area contributed by atoms with Crippen LogP contribution in [0.25, 0.3) is 0 Å². The molecule has 3 nitrogen and oxygen atoms in total. The lowest BCUT2D eigenvalue weighted by Gasteiger charge is -2.03. The fourth-order valence-electron chi connectivity index (χ4n) is 2.42. The van der Waals surface area contributed by atoms with Crippen molar-refractivity contribution in [2.45, 2.75) is 96.5 Å². The molecule has 0 saturated heterocycles. The Morgan fingerprint density at radius 2 is 1.43 bits per heavy atom. The van der Waals surface area contributed by atoms with Crippen LogP contribution < -0.4 is 0 Å². The number of carbonyl (C=O) groups is 1. The van der Waals surface area contributed by atoms with E-state index in [-0.39, 0.29) is 12.5 Å². The van der Waals surface area contributed by atoms with E-state index >= 15 is 0 Å². The van der Waals surface area contributed by atoms with Crippen molar-refractivity contribution in [1.29, 1.82) is 0 Å². The quantitative estimate of drug-likeness (QED) is 0.285. The van der Waals surface area contributed by atoms with Crippen LogP contribution in [0.5, 0.6) is 0 Å². The van der Waals surface area contributed by atoms with Crippen LogP contribution in [0.15, 0.2) is 24.3 Å². The Morgan fingerprint density at radius 1 is 0.870 bits per heavy atom. The molecule has 0 bridgehead atoms. The lowest BCUT2D eigenvalue weighted by Crippen LogP contribution is -2.00. The first kappa shape index (κ1) is 21.9. The Labute approximate surface area is 142 Å². The molecule has 0 aliphatic heterocycles. The predicted molar refractivity (Wildman–Crippen MR) is 97.6 cm³/mol. The molecule has 2 N–H and O–H groups in total. The summed E-state index contributed by atoms with van der Waals surface area (Å²) in [4.78, 5) is 10.3. The summed E-state index contributed by atoms with van der Waals surface area (Å²) in [5, 5.41) is 18.2. The highest BCUT2D eigenvalue weighted by molar-refractivity contribution is 5.66. The standard InChI is InChI=1S/C20H36O3/c1-2-3-16-19(21)17-14-12-10-8-6-4-5-7-9-11-13-15-18-20(22)23/h9,11,14,17,19,21H,2-8,10,12-13,15-16,18H2,1H3,(H,22,23)/t19-/m1/s1.